The average Bonchev–Trinajstić information content (AvgIpc) is 3.27. The molecule has 0 radical (unpaired) electrons. The summed E-state index contributed by atoms with van der Waals surface area (Å²) in [6.07, 6.45) is -0.611. The first kappa shape index (κ1) is 22.7. The molecule has 0 aliphatic carbocycles. The van der Waals surface area contributed by atoms with Gasteiger partial charge in [0.1, 0.15) is 11.5 Å². The number of nitrogens with zero attached hydrogens (tertiary/aromatic N) is 3. The Balaban J connectivity index is 1.60. The number of alkyl halides is 3. The van der Waals surface area contributed by atoms with Gasteiger partial charge in [-0.1, -0.05) is 0 Å². The molecule has 0 unspecified atom stereocenters. The van der Waals surface area contributed by atoms with Crippen molar-refractivity contribution < 1.29 is 32.0 Å². The highest BCUT2D eigenvalue weighted by Crippen LogP contribution is 2.32. The number of carbonyl (C=O) groups excluding carboxylic acids is 1. The third-order valence-corrected chi connectivity index (χ3v) is 4.29. The summed E-state index contributed by atoms with van der Waals surface area (Å²) >= 11 is 0. The summed E-state index contributed by atoms with van der Waals surface area (Å²) in [6.45, 7) is 0.0186. The Morgan fingerprint density at radius 1 is 1.22 bits per heavy atom. The summed E-state index contributed by atoms with van der Waals surface area (Å²) < 4.78 is 59.7. The molecular weight excluding hydrogens is 436 g/mol. The van der Waals surface area contributed by atoms with Gasteiger partial charge < -0.3 is 14.6 Å². The van der Waals surface area contributed by atoms with Crippen LogP contribution in [0.1, 0.15) is 22.3 Å². The molecule has 0 aliphatic rings. The summed E-state index contributed by atoms with van der Waals surface area (Å²) in [4.78, 5) is 25.9. The van der Waals surface area contributed by atoms with Crippen LogP contribution in [0.5, 0.6) is 5.88 Å². The number of hydrogen-bond acceptors (Lipinski definition) is 5. The third kappa shape index (κ3) is 5.39. The van der Waals surface area contributed by atoms with Crippen LogP contribution in [-0.2, 0) is 6.18 Å². The van der Waals surface area contributed by atoms with Gasteiger partial charge in [-0.15, -0.1) is 0 Å². The number of benzene rings is 1. The molecule has 12 heteroatoms. The van der Waals surface area contributed by atoms with Crippen LogP contribution in [0.3, 0.4) is 0 Å². The Labute approximate surface area is 178 Å². The molecule has 0 saturated carbocycles. The summed E-state index contributed by atoms with van der Waals surface area (Å²) in [5.41, 5.74) is -1.74. The summed E-state index contributed by atoms with van der Waals surface area (Å²) in [6, 6.07) is 6.78. The van der Waals surface area contributed by atoms with Crippen molar-refractivity contribution in [1.82, 2.24) is 14.9 Å². The summed E-state index contributed by atoms with van der Waals surface area (Å²) in [7, 11) is 0. The van der Waals surface area contributed by atoms with Gasteiger partial charge in [0.2, 0.25) is 5.88 Å². The summed E-state index contributed by atoms with van der Waals surface area (Å²) in [5, 5.41) is 13.2. The molecule has 0 saturated heterocycles. The van der Waals surface area contributed by atoms with E-state index in [1.165, 1.54) is 17.0 Å². The standard InChI is InChI=1S/C20H16F4N4O4/c21-16-5-4-14(28(30)31)11-15(16)18(29)25-6-3-9-32-19-17(27-7-1-2-8-27)10-13(12-26-19)20(22,23)24/h1-2,4-5,7-8,10-12H,3,6,9H2,(H,25,29). The predicted octanol–water partition coefficient (Wildman–Crippen LogP) is 4.14. The lowest BCUT2D eigenvalue weighted by atomic mass is 10.1. The number of rotatable bonds is 8. The second kappa shape index (κ2) is 9.45. The molecule has 1 aromatic carbocycles. The van der Waals surface area contributed by atoms with E-state index in [1.54, 1.807) is 12.1 Å². The van der Waals surface area contributed by atoms with E-state index in [9.17, 15) is 32.5 Å². The molecule has 0 spiro atoms. The first-order valence-corrected chi connectivity index (χ1v) is 9.22. The van der Waals surface area contributed by atoms with Crippen LogP contribution < -0.4 is 10.1 Å². The number of ether oxygens (including phenoxy) is 1. The first-order chi connectivity index (χ1) is 15.2. The number of carbonyl (C=O) groups is 1. The van der Waals surface area contributed by atoms with E-state index < -0.39 is 39.6 Å². The number of nitro groups is 1. The van der Waals surface area contributed by atoms with E-state index in [2.05, 4.69) is 10.3 Å². The van der Waals surface area contributed by atoms with Gasteiger partial charge >= 0.3 is 6.18 Å². The first-order valence-electron chi connectivity index (χ1n) is 9.22. The minimum atomic E-state index is -4.57. The normalized spacial score (nSPS) is 11.2. The van der Waals surface area contributed by atoms with Crippen molar-refractivity contribution in [3.05, 3.63) is 82.0 Å². The molecule has 8 nitrogen and oxygen atoms in total. The van der Waals surface area contributed by atoms with Crippen molar-refractivity contribution in [2.45, 2.75) is 12.6 Å². The topological polar surface area (TPSA) is 99.3 Å². The highest BCUT2D eigenvalue weighted by molar-refractivity contribution is 5.95. The zero-order valence-corrected chi connectivity index (χ0v) is 16.3. The van der Waals surface area contributed by atoms with E-state index >= 15 is 0 Å². The molecule has 32 heavy (non-hydrogen) atoms. The number of pyridine rings is 1. The maximum atomic E-state index is 13.8. The van der Waals surface area contributed by atoms with Crippen molar-refractivity contribution in [3.63, 3.8) is 0 Å². The molecule has 168 valence electrons. The van der Waals surface area contributed by atoms with Gasteiger partial charge in [-0.25, -0.2) is 9.37 Å². The number of amides is 1. The summed E-state index contributed by atoms with van der Waals surface area (Å²) in [5.74, 6) is -1.79. The van der Waals surface area contributed by atoms with Crippen LogP contribution in [0.2, 0.25) is 0 Å². The van der Waals surface area contributed by atoms with Crippen LogP contribution in [0.15, 0.2) is 55.0 Å². The molecule has 1 amide bonds. The van der Waals surface area contributed by atoms with E-state index in [-0.39, 0.29) is 31.1 Å². The van der Waals surface area contributed by atoms with Crippen LogP contribution in [0.4, 0.5) is 23.2 Å². The Hall–Kier alpha value is -3.96. The van der Waals surface area contributed by atoms with Gasteiger partial charge in [-0.2, -0.15) is 13.2 Å². The minimum absolute atomic E-state index is 0.00959. The Kier molecular flexibility index (Phi) is 6.71. The highest BCUT2D eigenvalue weighted by atomic mass is 19.4. The van der Waals surface area contributed by atoms with Gasteiger partial charge in [0.15, 0.2) is 0 Å². The van der Waals surface area contributed by atoms with Crippen LogP contribution >= 0.6 is 0 Å². The van der Waals surface area contributed by atoms with Crippen molar-refractivity contribution in [2.24, 2.45) is 0 Å². The van der Waals surface area contributed by atoms with Crippen LogP contribution in [0.25, 0.3) is 5.69 Å². The fraction of sp³-hybridized carbons (Fsp3) is 0.200. The number of nitrogens with one attached hydrogen (secondary N) is 1. The third-order valence-electron chi connectivity index (χ3n) is 4.29. The number of hydrogen-bond donors (Lipinski definition) is 1. The SMILES string of the molecule is O=C(NCCCOc1ncc(C(F)(F)F)cc1-n1cccc1)c1cc([N+](=O)[O-])ccc1F. The van der Waals surface area contributed by atoms with Gasteiger partial charge in [0.05, 0.1) is 22.7 Å². The van der Waals surface area contributed by atoms with E-state index in [0.29, 0.717) is 6.20 Å². The molecule has 0 aliphatic heterocycles. The number of halogens is 4. The number of nitro benzene ring substituents is 1. The van der Waals surface area contributed by atoms with Crippen molar-refractivity contribution in [3.8, 4) is 11.6 Å². The quantitative estimate of drug-likeness (QED) is 0.240. The average molecular weight is 452 g/mol. The van der Waals surface area contributed by atoms with Crippen molar-refractivity contribution in [2.75, 3.05) is 13.2 Å². The second-order valence-corrected chi connectivity index (χ2v) is 6.52. The zero-order chi connectivity index (χ0) is 23.3. The number of non-ortho nitro benzene ring substituents is 1. The van der Waals surface area contributed by atoms with Gasteiger partial charge in [0.25, 0.3) is 11.6 Å². The zero-order valence-electron chi connectivity index (χ0n) is 16.3. The van der Waals surface area contributed by atoms with Gasteiger partial charge in [0, 0.05) is 37.3 Å². The Morgan fingerprint density at radius 2 is 1.94 bits per heavy atom. The Bertz CT molecular complexity index is 1120. The Morgan fingerprint density at radius 3 is 2.59 bits per heavy atom. The lowest BCUT2D eigenvalue weighted by Crippen LogP contribution is -2.26. The van der Waals surface area contributed by atoms with Gasteiger partial charge in [-0.3, -0.25) is 14.9 Å². The van der Waals surface area contributed by atoms with Crippen LogP contribution in [0, 0.1) is 15.9 Å². The van der Waals surface area contributed by atoms with E-state index in [0.717, 1.165) is 24.3 Å². The number of aromatic nitrogens is 2. The molecule has 3 rings (SSSR count). The molecule has 3 aromatic rings. The fourth-order valence-electron chi connectivity index (χ4n) is 2.73. The maximum Gasteiger partial charge on any atom is 0.417 e. The molecular formula is C20H16F4N4O4. The molecule has 0 atom stereocenters. The largest absolute Gasteiger partial charge is 0.476 e. The second-order valence-electron chi connectivity index (χ2n) is 6.52. The smallest absolute Gasteiger partial charge is 0.417 e. The molecule has 0 bridgehead atoms. The van der Waals surface area contributed by atoms with Crippen molar-refractivity contribution >= 4 is 11.6 Å². The lowest BCUT2D eigenvalue weighted by molar-refractivity contribution is -0.384. The molecule has 2 heterocycles. The van der Waals surface area contributed by atoms with Crippen molar-refractivity contribution in [1.29, 1.82) is 0 Å². The fourth-order valence-corrected chi connectivity index (χ4v) is 2.73. The molecule has 0 fully saturated rings. The lowest BCUT2D eigenvalue weighted by Gasteiger charge is -2.14. The highest BCUT2D eigenvalue weighted by Gasteiger charge is 2.32. The van der Waals surface area contributed by atoms with E-state index in [4.69, 9.17) is 4.74 Å². The predicted molar refractivity (Wildman–Crippen MR) is 104 cm³/mol. The monoisotopic (exact) mass is 452 g/mol. The molecule has 1 N–H and O–H groups in total. The van der Waals surface area contributed by atoms with Gasteiger partial charge in [-0.05, 0) is 30.7 Å². The van der Waals surface area contributed by atoms with Crippen LogP contribution in [-0.4, -0.2) is 33.5 Å². The minimum Gasteiger partial charge on any atom is -0.476 e. The maximum absolute atomic E-state index is 13.8. The molecule has 2 aromatic heterocycles. The van der Waals surface area contributed by atoms with E-state index in [1.807, 2.05) is 0 Å².